The van der Waals surface area contributed by atoms with Crippen LogP contribution in [-0.4, -0.2) is 23.2 Å². The lowest BCUT2D eigenvalue weighted by Gasteiger charge is -2.12. The minimum absolute atomic E-state index is 0.0586. The molecule has 1 aromatic heterocycles. The molecule has 1 amide bonds. The number of rotatable bonds is 5. The van der Waals surface area contributed by atoms with Crippen LogP contribution in [0.3, 0.4) is 0 Å². The SMILES string of the molecule is COc1cc(C(=O)NCc2c(C3CC3)ccc3[nH]ncc23)ccc1F. The molecule has 0 saturated heterocycles. The van der Waals surface area contributed by atoms with Crippen LogP contribution in [0.25, 0.3) is 10.9 Å². The van der Waals surface area contributed by atoms with Gasteiger partial charge in [-0.05, 0) is 54.2 Å². The van der Waals surface area contributed by atoms with Gasteiger partial charge in [-0.2, -0.15) is 5.10 Å². The molecule has 1 fully saturated rings. The van der Waals surface area contributed by atoms with Crippen LogP contribution in [0, 0.1) is 5.82 Å². The highest BCUT2D eigenvalue weighted by molar-refractivity contribution is 5.95. The molecule has 1 heterocycles. The number of ether oxygens (including phenoxy) is 1. The summed E-state index contributed by atoms with van der Waals surface area (Å²) in [6.45, 7) is 0.404. The van der Waals surface area contributed by atoms with Crippen molar-refractivity contribution in [2.45, 2.75) is 25.3 Å². The van der Waals surface area contributed by atoms with Crippen LogP contribution in [0.5, 0.6) is 5.75 Å². The lowest BCUT2D eigenvalue weighted by Crippen LogP contribution is -2.23. The normalized spacial score (nSPS) is 13.8. The smallest absolute Gasteiger partial charge is 0.251 e. The van der Waals surface area contributed by atoms with Crippen LogP contribution >= 0.6 is 0 Å². The summed E-state index contributed by atoms with van der Waals surface area (Å²) < 4.78 is 18.4. The molecule has 0 atom stereocenters. The number of nitrogens with one attached hydrogen (secondary N) is 2. The highest BCUT2D eigenvalue weighted by Gasteiger charge is 2.27. The quantitative estimate of drug-likeness (QED) is 0.747. The summed E-state index contributed by atoms with van der Waals surface area (Å²) in [5.41, 5.74) is 3.68. The molecule has 0 radical (unpaired) electrons. The Morgan fingerprint density at radius 3 is 2.96 bits per heavy atom. The Labute approximate surface area is 144 Å². The van der Waals surface area contributed by atoms with Crippen molar-refractivity contribution in [3.05, 3.63) is 59.0 Å². The number of fused-ring (bicyclic) bond motifs is 1. The van der Waals surface area contributed by atoms with Crippen LogP contribution in [0.4, 0.5) is 4.39 Å². The third kappa shape index (κ3) is 2.95. The van der Waals surface area contributed by atoms with Gasteiger partial charge in [-0.1, -0.05) is 6.07 Å². The van der Waals surface area contributed by atoms with E-state index in [2.05, 4.69) is 21.6 Å². The van der Waals surface area contributed by atoms with E-state index in [1.165, 1.54) is 43.7 Å². The fourth-order valence-electron chi connectivity index (χ4n) is 3.14. The van der Waals surface area contributed by atoms with Gasteiger partial charge >= 0.3 is 0 Å². The second-order valence-electron chi connectivity index (χ2n) is 6.27. The molecule has 0 bridgehead atoms. The standard InChI is InChI=1S/C19H18FN3O2/c1-25-18-8-12(4-6-16(18)20)19(24)21-9-14-13(11-2-3-11)5-7-17-15(14)10-22-23-17/h4-8,10-11H,2-3,9H2,1H3,(H,21,24)(H,22,23). The number of carbonyl (C=O) groups excluding carboxylic acids is 1. The Morgan fingerprint density at radius 1 is 1.36 bits per heavy atom. The van der Waals surface area contributed by atoms with Crippen LogP contribution in [0.2, 0.25) is 0 Å². The van der Waals surface area contributed by atoms with Crippen molar-refractivity contribution in [2.24, 2.45) is 0 Å². The van der Waals surface area contributed by atoms with E-state index in [0.717, 1.165) is 16.5 Å². The number of hydrogen-bond donors (Lipinski definition) is 2. The van der Waals surface area contributed by atoms with Gasteiger partial charge in [-0.3, -0.25) is 9.89 Å². The van der Waals surface area contributed by atoms with E-state index in [1.807, 2.05) is 6.07 Å². The molecule has 128 valence electrons. The van der Waals surface area contributed by atoms with Gasteiger partial charge in [-0.25, -0.2) is 4.39 Å². The van der Waals surface area contributed by atoms with E-state index in [1.54, 1.807) is 6.20 Å². The Balaban J connectivity index is 1.59. The Morgan fingerprint density at radius 2 is 2.20 bits per heavy atom. The minimum atomic E-state index is -0.488. The number of aromatic amines is 1. The number of aromatic nitrogens is 2. The van der Waals surface area contributed by atoms with Crippen molar-refractivity contribution in [3.8, 4) is 5.75 Å². The van der Waals surface area contributed by atoms with Crippen LogP contribution in [0.1, 0.15) is 40.2 Å². The number of benzene rings is 2. The molecule has 1 saturated carbocycles. The molecule has 25 heavy (non-hydrogen) atoms. The van der Waals surface area contributed by atoms with E-state index in [4.69, 9.17) is 4.74 Å². The molecule has 2 aromatic carbocycles. The van der Waals surface area contributed by atoms with Crippen molar-refractivity contribution in [1.29, 1.82) is 0 Å². The summed E-state index contributed by atoms with van der Waals surface area (Å²) in [4.78, 5) is 12.5. The predicted octanol–water partition coefficient (Wildman–Crippen LogP) is 3.52. The summed E-state index contributed by atoms with van der Waals surface area (Å²) >= 11 is 0. The van der Waals surface area contributed by atoms with E-state index in [0.29, 0.717) is 18.0 Å². The van der Waals surface area contributed by atoms with Crippen LogP contribution < -0.4 is 10.1 Å². The fraction of sp³-hybridized carbons (Fsp3) is 0.263. The first-order chi connectivity index (χ1) is 12.2. The number of carbonyl (C=O) groups is 1. The molecule has 3 aromatic rings. The topological polar surface area (TPSA) is 67.0 Å². The average molecular weight is 339 g/mol. The molecule has 0 unspecified atom stereocenters. The van der Waals surface area contributed by atoms with Crippen molar-refractivity contribution in [3.63, 3.8) is 0 Å². The third-order valence-corrected chi connectivity index (χ3v) is 4.63. The van der Waals surface area contributed by atoms with E-state index < -0.39 is 5.82 Å². The molecule has 4 rings (SSSR count). The Kier molecular flexibility index (Phi) is 3.87. The highest BCUT2D eigenvalue weighted by atomic mass is 19.1. The second-order valence-corrected chi connectivity index (χ2v) is 6.27. The summed E-state index contributed by atoms with van der Waals surface area (Å²) in [6.07, 6.45) is 4.16. The number of methoxy groups -OCH3 is 1. The van der Waals surface area contributed by atoms with Gasteiger partial charge in [0.2, 0.25) is 0 Å². The monoisotopic (exact) mass is 339 g/mol. The predicted molar refractivity (Wildman–Crippen MR) is 92.2 cm³/mol. The summed E-state index contributed by atoms with van der Waals surface area (Å²) in [5.74, 6) is -0.126. The summed E-state index contributed by atoms with van der Waals surface area (Å²) in [5, 5.41) is 11.0. The van der Waals surface area contributed by atoms with Gasteiger partial charge in [0.15, 0.2) is 11.6 Å². The zero-order valence-corrected chi connectivity index (χ0v) is 13.8. The summed E-state index contributed by atoms with van der Waals surface area (Å²) in [7, 11) is 1.38. The average Bonchev–Trinajstić information content (AvgIpc) is 3.36. The van der Waals surface area contributed by atoms with Crippen molar-refractivity contribution in [1.82, 2.24) is 15.5 Å². The minimum Gasteiger partial charge on any atom is -0.494 e. The molecular formula is C19H18FN3O2. The molecule has 5 nitrogen and oxygen atoms in total. The molecule has 0 spiro atoms. The largest absolute Gasteiger partial charge is 0.494 e. The Bertz CT molecular complexity index is 947. The molecular weight excluding hydrogens is 321 g/mol. The van der Waals surface area contributed by atoms with E-state index in [-0.39, 0.29) is 11.7 Å². The zero-order chi connectivity index (χ0) is 17.4. The lowest BCUT2D eigenvalue weighted by atomic mass is 9.99. The Hall–Kier alpha value is -2.89. The van der Waals surface area contributed by atoms with Crippen LogP contribution in [0.15, 0.2) is 36.5 Å². The molecule has 0 aliphatic heterocycles. The van der Waals surface area contributed by atoms with Gasteiger partial charge < -0.3 is 10.1 Å². The first kappa shape index (κ1) is 15.6. The molecule has 2 N–H and O–H groups in total. The van der Waals surface area contributed by atoms with Crippen molar-refractivity contribution >= 4 is 16.8 Å². The number of hydrogen-bond acceptors (Lipinski definition) is 3. The summed E-state index contributed by atoms with van der Waals surface area (Å²) in [6, 6.07) is 8.24. The van der Waals surface area contributed by atoms with Gasteiger partial charge in [-0.15, -0.1) is 0 Å². The van der Waals surface area contributed by atoms with Crippen LogP contribution in [-0.2, 0) is 6.54 Å². The van der Waals surface area contributed by atoms with Gasteiger partial charge in [0.25, 0.3) is 5.91 Å². The number of halogens is 1. The van der Waals surface area contributed by atoms with Gasteiger partial charge in [0, 0.05) is 17.5 Å². The number of nitrogens with zero attached hydrogens (tertiary/aromatic N) is 1. The second kappa shape index (κ2) is 6.20. The first-order valence-electron chi connectivity index (χ1n) is 8.24. The van der Waals surface area contributed by atoms with E-state index >= 15 is 0 Å². The molecule has 6 heteroatoms. The maximum atomic E-state index is 13.5. The lowest BCUT2D eigenvalue weighted by molar-refractivity contribution is 0.0950. The van der Waals surface area contributed by atoms with Crippen molar-refractivity contribution < 1.29 is 13.9 Å². The van der Waals surface area contributed by atoms with Gasteiger partial charge in [0.05, 0.1) is 18.8 Å². The third-order valence-electron chi connectivity index (χ3n) is 4.63. The maximum Gasteiger partial charge on any atom is 0.251 e. The number of amides is 1. The van der Waals surface area contributed by atoms with Gasteiger partial charge in [0.1, 0.15) is 0 Å². The molecule has 1 aliphatic carbocycles. The molecule has 1 aliphatic rings. The van der Waals surface area contributed by atoms with Crippen molar-refractivity contribution in [2.75, 3.05) is 7.11 Å². The number of H-pyrrole nitrogens is 1. The highest BCUT2D eigenvalue weighted by Crippen LogP contribution is 2.43. The van der Waals surface area contributed by atoms with E-state index in [9.17, 15) is 9.18 Å². The maximum absolute atomic E-state index is 13.5. The fourth-order valence-corrected chi connectivity index (χ4v) is 3.14. The first-order valence-corrected chi connectivity index (χ1v) is 8.24. The zero-order valence-electron chi connectivity index (χ0n) is 13.8.